The van der Waals surface area contributed by atoms with Gasteiger partial charge in [-0.05, 0) is 53.6 Å². The number of rotatable bonds is 7. The number of hydrazone groups is 1. The van der Waals surface area contributed by atoms with Crippen LogP contribution in [-0.4, -0.2) is 32.5 Å². The molecule has 1 aliphatic heterocycles. The molecular formula is C28H32N10O2. The van der Waals surface area contributed by atoms with E-state index < -0.39 is 0 Å². The van der Waals surface area contributed by atoms with Crippen molar-refractivity contribution in [2.75, 3.05) is 0 Å². The van der Waals surface area contributed by atoms with Crippen LogP contribution < -0.4 is 33.5 Å². The van der Waals surface area contributed by atoms with Gasteiger partial charge in [0.2, 0.25) is 0 Å². The van der Waals surface area contributed by atoms with Gasteiger partial charge in [-0.3, -0.25) is 9.59 Å². The number of carbonyl (C=O) groups is 2. The first-order valence-electron chi connectivity index (χ1n) is 12.9. The van der Waals surface area contributed by atoms with Crippen LogP contribution in [0.2, 0.25) is 0 Å². The number of hydrazine groups is 1. The van der Waals surface area contributed by atoms with Crippen molar-refractivity contribution in [2.45, 2.75) is 45.4 Å². The van der Waals surface area contributed by atoms with Gasteiger partial charge in [0, 0.05) is 43.2 Å². The number of amidine groups is 1. The fourth-order valence-electron chi connectivity index (χ4n) is 5.13. The summed E-state index contributed by atoms with van der Waals surface area (Å²) in [4.78, 5) is 36.3. The number of aryl methyl sites for hydroxylation is 1. The smallest absolute Gasteiger partial charge is 0.270 e. The van der Waals surface area contributed by atoms with Crippen LogP contribution in [0.25, 0.3) is 0 Å². The van der Waals surface area contributed by atoms with Crippen molar-refractivity contribution in [3.05, 3.63) is 105 Å². The quantitative estimate of drug-likeness (QED) is 0.110. The van der Waals surface area contributed by atoms with Gasteiger partial charge in [0.15, 0.2) is 5.84 Å². The van der Waals surface area contributed by atoms with Crippen molar-refractivity contribution in [2.24, 2.45) is 22.5 Å². The van der Waals surface area contributed by atoms with E-state index in [1.54, 1.807) is 6.20 Å². The van der Waals surface area contributed by atoms with Crippen LogP contribution in [0.1, 0.15) is 73.7 Å². The predicted molar refractivity (Wildman–Crippen MR) is 150 cm³/mol. The van der Waals surface area contributed by atoms with Crippen LogP contribution in [0.5, 0.6) is 0 Å². The van der Waals surface area contributed by atoms with Crippen molar-refractivity contribution < 1.29 is 9.59 Å². The molecule has 5 rings (SSSR count). The van der Waals surface area contributed by atoms with Crippen molar-refractivity contribution in [1.82, 2.24) is 30.9 Å². The molecule has 2 amide bonds. The van der Waals surface area contributed by atoms with Crippen LogP contribution in [0.3, 0.4) is 0 Å². The molecule has 2 heterocycles. The van der Waals surface area contributed by atoms with E-state index in [0.29, 0.717) is 12.4 Å². The van der Waals surface area contributed by atoms with Gasteiger partial charge in [0.25, 0.3) is 11.8 Å². The zero-order valence-corrected chi connectivity index (χ0v) is 22.1. The minimum Gasteiger partial charge on any atom is -0.403 e. The first kappa shape index (κ1) is 26.6. The van der Waals surface area contributed by atoms with Crippen molar-refractivity contribution >= 4 is 17.6 Å². The van der Waals surface area contributed by atoms with Crippen molar-refractivity contribution in [3.63, 3.8) is 0 Å². The molecule has 0 saturated heterocycles. The van der Waals surface area contributed by atoms with Gasteiger partial charge >= 0.3 is 0 Å². The zero-order valence-electron chi connectivity index (χ0n) is 22.1. The molecule has 9 N–H and O–H groups in total. The van der Waals surface area contributed by atoms with Gasteiger partial charge in [-0.1, -0.05) is 30.3 Å². The molecule has 12 heteroatoms. The molecule has 206 valence electrons. The maximum Gasteiger partial charge on any atom is 0.270 e. The summed E-state index contributed by atoms with van der Waals surface area (Å²) in [5.41, 5.74) is 15.7. The summed E-state index contributed by atoms with van der Waals surface area (Å²) in [6.07, 6.45) is 4.34. The van der Waals surface area contributed by atoms with Crippen LogP contribution in [0, 0.1) is 0 Å². The third-order valence-corrected chi connectivity index (χ3v) is 7.38. The highest BCUT2D eigenvalue weighted by Crippen LogP contribution is 2.32. The molecule has 1 aliphatic carbocycles. The number of fused-ring (bicyclic) bond motifs is 2. The summed E-state index contributed by atoms with van der Waals surface area (Å²) in [5.74, 6) is 10.5. The second-order valence-electron chi connectivity index (χ2n) is 9.84. The third kappa shape index (κ3) is 5.43. The molecule has 0 spiro atoms. The summed E-state index contributed by atoms with van der Waals surface area (Å²) in [6, 6.07) is 13.1. The second kappa shape index (κ2) is 11.4. The summed E-state index contributed by atoms with van der Waals surface area (Å²) in [5, 5.41) is 9.55. The van der Waals surface area contributed by atoms with Crippen LogP contribution >= 0.6 is 0 Å². The molecule has 0 radical (unpaired) electrons. The molecule has 1 atom stereocenters. The summed E-state index contributed by atoms with van der Waals surface area (Å²) in [6.45, 7) is 3.92. The van der Waals surface area contributed by atoms with Crippen LogP contribution in [-0.2, 0) is 26.1 Å². The average molecular weight is 541 g/mol. The lowest BCUT2D eigenvalue weighted by Crippen LogP contribution is -2.32. The first-order valence-corrected chi connectivity index (χ1v) is 12.9. The molecule has 12 nitrogen and oxygen atoms in total. The Hall–Kier alpha value is -4.97. The Bertz CT molecular complexity index is 1520. The summed E-state index contributed by atoms with van der Waals surface area (Å²) >= 11 is 0. The number of allylic oxidation sites excluding steroid dienone is 1. The maximum absolute atomic E-state index is 13.0. The van der Waals surface area contributed by atoms with E-state index >= 15 is 0 Å². The Morgan fingerprint density at radius 2 is 1.82 bits per heavy atom. The molecule has 2 aromatic carbocycles. The fraction of sp³-hybridized carbons (Fsp3) is 0.250. The highest BCUT2D eigenvalue weighted by Gasteiger charge is 2.26. The summed E-state index contributed by atoms with van der Waals surface area (Å²) < 4.78 is 0. The average Bonchev–Trinajstić information content (AvgIpc) is 3.59. The topological polar surface area (TPSA) is 190 Å². The number of amides is 2. The lowest BCUT2D eigenvalue weighted by atomic mass is 10.0. The molecular weight excluding hydrogens is 508 g/mol. The van der Waals surface area contributed by atoms with Crippen LogP contribution in [0.4, 0.5) is 0 Å². The third-order valence-electron chi connectivity index (χ3n) is 7.38. The van der Waals surface area contributed by atoms with Gasteiger partial charge < -0.3 is 32.5 Å². The monoisotopic (exact) mass is 540 g/mol. The Morgan fingerprint density at radius 1 is 1.05 bits per heavy atom. The number of nitrogens with two attached hydrogens (primary N) is 3. The molecule has 1 unspecified atom stereocenters. The second-order valence-corrected chi connectivity index (χ2v) is 9.84. The molecule has 0 saturated carbocycles. The number of benzene rings is 2. The molecule has 0 bridgehead atoms. The molecule has 0 fully saturated rings. The number of carbonyl (C=O) groups excluding carboxylic acids is 2. The lowest BCUT2D eigenvalue weighted by Gasteiger charge is -2.17. The van der Waals surface area contributed by atoms with Gasteiger partial charge in [-0.15, -0.1) is 0 Å². The molecule has 1 aromatic heterocycles. The predicted octanol–water partition coefficient (Wildman–Crippen LogP) is 1.04. The maximum atomic E-state index is 13.0. The van der Waals surface area contributed by atoms with E-state index in [1.165, 1.54) is 23.5 Å². The number of nitrogens with zero attached hydrogens (tertiary/aromatic N) is 4. The lowest BCUT2D eigenvalue weighted by molar-refractivity contribution is 0.0931. The minimum absolute atomic E-state index is 0.121. The Labute approximate surface area is 231 Å². The van der Waals surface area contributed by atoms with Gasteiger partial charge in [-0.25, -0.2) is 15.8 Å². The van der Waals surface area contributed by atoms with Gasteiger partial charge in [0.05, 0.1) is 6.04 Å². The normalized spacial score (nSPS) is 16.4. The first-order chi connectivity index (χ1) is 19.4. The van der Waals surface area contributed by atoms with Gasteiger partial charge in [-0.2, -0.15) is 5.10 Å². The van der Waals surface area contributed by atoms with E-state index in [9.17, 15) is 9.59 Å². The van der Waals surface area contributed by atoms with Crippen molar-refractivity contribution in [1.29, 1.82) is 0 Å². The highest BCUT2D eigenvalue weighted by atomic mass is 16.2. The Kier molecular flexibility index (Phi) is 7.60. The summed E-state index contributed by atoms with van der Waals surface area (Å²) in [7, 11) is 0. The number of hydrogen-bond donors (Lipinski definition) is 6. The number of hydrogen-bond acceptors (Lipinski definition) is 9. The van der Waals surface area contributed by atoms with Gasteiger partial charge in [0.1, 0.15) is 17.7 Å². The molecule has 3 aromatic rings. The van der Waals surface area contributed by atoms with E-state index in [2.05, 4.69) is 48.2 Å². The van der Waals surface area contributed by atoms with E-state index in [4.69, 9.17) is 17.4 Å². The van der Waals surface area contributed by atoms with E-state index in [1.807, 2.05) is 31.2 Å². The largest absolute Gasteiger partial charge is 0.403 e. The number of aromatic nitrogens is 2. The standard InChI is InChI=1S/C28H32N10O2/c1-16(11-29)38-13-20-3-2-17(8-21(20)14-38)12-32-27(39)24-10-25(34-15-33-24)28(40)35-23-7-5-18-9-19(4-6-22(18)23)26(36-30)37-31/h2-4,6,8-11,15,23H,5,7,12-14,29-31H2,1H3,(H,32,39)(H,35,40)(H,36,37)/b16-11-. The fourth-order valence-corrected chi connectivity index (χ4v) is 5.13. The molecule has 40 heavy (non-hydrogen) atoms. The SMILES string of the molecule is C/C(=C/N)N1Cc2ccc(CNC(=O)c3cc(C(=O)NC4CCc5cc(/C(=N/N)NN)ccc54)ncn3)cc2C1. The van der Waals surface area contributed by atoms with Crippen molar-refractivity contribution in [3.8, 4) is 0 Å². The van der Waals surface area contributed by atoms with Crippen LogP contribution in [0.15, 0.2) is 65.8 Å². The Morgan fingerprint density at radius 3 is 2.58 bits per heavy atom. The van der Waals surface area contributed by atoms with E-state index in [0.717, 1.165) is 53.9 Å². The minimum atomic E-state index is -0.384. The molecule has 2 aliphatic rings. The zero-order chi connectivity index (χ0) is 28.2. The Balaban J connectivity index is 1.20. The highest BCUT2D eigenvalue weighted by molar-refractivity contribution is 5.99. The number of nitrogens with one attached hydrogen (secondary N) is 3. The van der Waals surface area contributed by atoms with E-state index in [-0.39, 0.29) is 29.2 Å².